The number of carbonyl (C=O) groups is 1. The van der Waals surface area contributed by atoms with Crippen LogP contribution in [0, 0.1) is 0 Å². The van der Waals surface area contributed by atoms with E-state index in [1.807, 2.05) is 23.6 Å². The second-order valence-electron chi connectivity index (χ2n) is 5.94. The van der Waals surface area contributed by atoms with Crippen LogP contribution in [-0.2, 0) is 6.54 Å². The zero-order valence-electron chi connectivity index (χ0n) is 13.4. The fourth-order valence-corrected chi connectivity index (χ4v) is 3.66. The van der Waals surface area contributed by atoms with Crippen LogP contribution in [0.1, 0.15) is 22.5 Å². The summed E-state index contributed by atoms with van der Waals surface area (Å²) in [5.74, 6) is 0.258. The van der Waals surface area contributed by atoms with Crippen molar-refractivity contribution in [3.63, 3.8) is 0 Å². The lowest BCUT2D eigenvalue weighted by Gasteiger charge is -2.16. The van der Waals surface area contributed by atoms with E-state index >= 15 is 0 Å². The van der Waals surface area contributed by atoms with Gasteiger partial charge in [0.25, 0.3) is 5.91 Å². The molecule has 4 heterocycles. The van der Waals surface area contributed by atoms with Gasteiger partial charge in [-0.05, 0) is 29.5 Å². The third kappa shape index (κ3) is 3.31. The van der Waals surface area contributed by atoms with Crippen LogP contribution in [0.3, 0.4) is 0 Å². The number of pyridine rings is 1. The highest BCUT2D eigenvalue weighted by Gasteiger charge is 2.28. The Morgan fingerprint density at radius 1 is 1.40 bits per heavy atom. The lowest BCUT2D eigenvalue weighted by molar-refractivity contribution is 0.0761. The molecule has 25 heavy (non-hydrogen) atoms. The minimum absolute atomic E-state index is 0.157. The average Bonchev–Trinajstić information content (AvgIpc) is 3.28. The van der Waals surface area contributed by atoms with Gasteiger partial charge in [0.05, 0.1) is 16.3 Å². The molecule has 0 bridgehead atoms. The number of thiophene rings is 1. The van der Waals surface area contributed by atoms with Crippen molar-refractivity contribution >= 4 is 33.4 Å². The molecule has 0 saturated carbocycles. The topological polar surface area (TPSA) is 91.2 Å². The van der Waals surface area contributed by atoms with E-state index in [0.717, 1.165) is 15.8 Å². The number of hydrogen-bond donors (Lipinski definition) is 2. The third-order valence-corrected chi connectivity index (χ3v) is 5.04. The predicted molar refractivity (Wildman–Crippen MR) is 95.5 cm³/mol. The maximum atomic E-state index is 12.8. The molecule has 0 spiro atoms. The van der Waals surface area contributed by atoms with Gasteiger partial charge in [0.15, 0.2) is 5.69 Å². The van der Waals surface area contributed by atoms with Crippen molar-refractivity contribution in [2.24, 2.45) is 0 Å². The number of hydrogen-bond acceptors (Lipinski definition) is 7. The third-order valence-electron chi connectivity index (χ3n) is 4.13. The zero-order chi connectivity index (χ0) is 17.2. The number of anilines is 1. The Hall–Kier alpha value is -2.58. The van der Waals surface area contributed by atoms with E-state index in [0.29, 0.717) is 37.7 Å². The van der Waals surface area contributed by atoms with E-state index < -0.39 is 6.10 Å². The number of aliphatic hydroxyl groups excluding tert-OH is 1. The predicted octanol–water partition coefficient (Wildman–Crippen LogP) is 1.91. The molecule has 4 rings (SSSR count). The molecule has 2 N–H and O–H groups in total. The van der Waals surface area contributed by atoms with Crippen molar-refractivity contribution < 1.29 is 9.90 Å². The van der Waals surface area contributed by atoms with Crippen molar-refractivity contribution in [2.75, 3.05) is 18.4 Å². The molecule has 0 aliphatic carbocycles. The Kier molecular flexibility index (Phi) is 4.29. The SMILES string of the molecule is O=C(c1nc(NCc2cccnc2)nc2ccsc12)N1CC[C@@H](O)C1. The maximum Gasteiger partial charge on any atom is 0.274 e. The molecule has 1 atom stereocenters. The summed E-state index contributed by atoms with van der Waals surface area (Å²) in [6.07, 6.45) is 3.65. The van der Waals surface area contributed by atoms with Crippen LogP contribution in [0.5, 0.6) is 0 Å². The van der Waals surface area contributed by atoms with Crippen LogP contribution in [-0.4, -0.2) is 50.1 Å². The summed E-state index contributed by atoms with van der Waals surface area (Å²) in [5, 5.41) is 14.8. The molecular weight excluding hydrogens is 338 g/mol. The summed E-state index contributed by atoms with van der Waals surface area (Å²) in [5.41, 5.74) is 2.15. The van der Waals surface area contributed by atoms with Crippen molar-refractivity contribution in [1.29, 1.82) is 0 Å². The van der Waals surface area contributed by atoms with Gasteiger partial charge in [0, 0.05) is 32.0 Å². The average molecular weight is 355 g/mol. The second-order valence-corrected chi connectivity index (χ2v) is 6.86. The van der Waals surface area contributed by atoms with Gasteiger partial charge in [-0.25, -0.2) is 9.97 Å². The number of β-amino-alcohol motifs (C(OH)–C–C–N with tert-alkyl or cyclic N) is 1. The number of amides is 1. The van der Waals surface area contributed by atoms with Crippen molar-refractivity contribution in [3.8, 4) is 0 Å². The second kappa shape index (κ2) is 6.73. The Bertz CT molecular complexity index is 898. The molecule has 1 fully saturated rings. The number of nitrogens with one attached hydrogen (secondary N) is 1. The van der Waals surface area contributed by atoms with E-state index in [-0.39, 0.29) is 5.91 Å². The van der Waals surface area contributed by atoms with Crippen LogP contribution < -0.4 is 5.32 Å². The normalized spacial score (nSPS) is 17.2. The van der Waals surface area contributed by atoms with Gasteiger partial charge >= 0.3 is 0 Å². The van der Waals surface area contributed by atoms with E-state index in [4.69, 9.17) is 0 Å². The lowest BCUT2D eigenvalue weighted by Crippen LogP contribution is -2.30. The molecule has 1 amide bonds. The smallest absolute Gasteiger partial charge is 0.274 e. The van der Waals surface area contributed by atoms with E-state index in [2.05, 4.69) is 20.3 Å². The Morgan fingerprint density at radius 3 is 3.08 bits per heavy atom. The van der Waals surface area contributed by atoms with Crippen molar-refractivity contribution in [2.45, 2.75) is 19.1 Å². The Balaban J connectivity index is 1.62. The summed E-state index contributed by atoms with van der Waals surface area (Å²) in [6.45, 7) is 1.43. The number of likely N-dealkylation sites (tertiary alicyclic amines) is 1. The molecule has 1 aliphatic heterocycles. The fourth-order valence-electron chi connectivity index (χ4n) is 2.85. The maximum absolute atomic E-state index is 12.8. The molecule has 3 aromatic heterocycles. The summed E-state index contributed by atoms with van der Waals surface area (Å²) in [7, 11) is 0. The number of fused-ring (bicyclic) bond motifs is 1. The molecular formula is C17H17N5O2S. The van der Waals surface area contributed by atoms with Gasteiger partial charge in [-0.3, -0.25) is 9.78 Å². The van der Waals surface area contributed by atoms with E-state index in [1.54, 1.807) is 17.3 Å². The Labute approximate surface area is 148 Å². The van der Waals surface area contributed by atoms with Crippen LogP contribution >= 0.6 is 11.3 Å². The largest absolute Gasteiger partial charge is 0.391 e. The molecule has 128 valence electrons. The quantitative estimate of drug-likeness (QED) is 0.743. The van der Waals surface area contributed by atoms with E-state index in [9.17, 15) is 9.90 Å². The molecule has 7 nitrogen and oxygen atoms in total. The van der Waals surface area contributed by atoms with Crippen LogP contribution in [0.25, 0.3) is 10.2 Å². The first-order valence-corrected chi connectivity index (χ1v) is 8.94. The number of aliphatic hydroxyl groups is 1. The fraction of sp³-hybridized carbons (Fsp3) is 0.294. The highest BCUT2D eigenvalue weighted by molar-refractivity contribution is 7.17. The number of nitrogens with zero attached hydrogens (tertiary/aromatic N) is 4. The van der Waals surface area contributed by atoms with Gasteiger partial charge in [-0.1, -0.05) is 6.07 Å². The summed E-state index contributed by atoms with van der Waals surface area (Å²) < 4.78 is 0.776. The van der Waals surface area contributed by atoms with E-state index in [1.165, 1.54) is 11.3 Å². The van der Waals surface area contributed by atoms with Crippen LogP contribution in [0.4, 0.5) is 5.95 Å². The van der Waals surface area contributed by atoms with Gasteiger partial charge in [0.1, 0.15) is 0 Å². The van der Waals surface area contributed by atoms with Gasteiger partial charge in [0.2, 0.25) is 5.95 Å². The summed E-state index contributed by atoms with van der Waals surface area (Å²) >= 11 is 1.45. The summed E-state index contributed by atoms with van der Waals surface area (Å²) in [6, 6.07) is 5.71. The molecule has 0 aromatic carbocycles. The summed E-state index contributed by atoms with van der Waals surface area (Å²) in [4.78, 5) is 27.5. The molecule has 0 unspecified atom stereocenters. The highest BCUT2D eigenvalue weighted by Crippen LogP contribution is 2.26. The van der Waals surface area contributed by atoms with Crippen LogP contribution in [0.2, 0.25) is 0 Å². The van der Waals surface area contributed by atoms with Crippen molar-refractivity contribution in [3.05, 3.63) is 47.2 Å². The van der Waals surface area contributed by atoms with Gasteiger partial charge < -0.3 is 15.3 Å². The zero-order valence-corrected chi connectivity index (χ0v) is 14.2. The molecule has 1 aliphatic rings. The number of aromatic nitrogens is 3. The lowest BCUT2D eigenvalue weighted by atomic mass is 10.3. The van der Waals surface area contributed by atoms with Gasteiger partial charge in [-0.2, -0.15) is 0 Å². The van der Waals surface area contributed by atoms with Crippen LogP contribution in [0.15, 0.2) is 36.0 Å². The standard InChI is InChI=1S/C17H17N5O2S/c23-12-3-6-22(10-12)16(24)14-15-13(4-7-25-15)20-17(21-14)19-9-11-2-1-5-18-8-11/h1-2,4-5,7-8,12,23H,3,6,9-10H2,(H,19,20,21)/t12-/m1/s1. The molecule has 3 aromatic rings. The van der Waals surface area contributed by atoms with Gasteiger partial charge in [-0.15, -0.1) is 11.3 Å². The monoisotopic (exact) mass is 355 g/mol. The molecule has 8 heteroatoms. The highest BCUT2D eigenvalue weighted by atomic mass is 32.1. The number of rotatable bonds is 4. The Morgan fingerprint density at radius 2 is 2.32 bits per heavy atom. The first kappa shape index (κ1) is 15.9. The minimum Gasteiger partial charge on any atom is -0.391 e. The molecule has 0 radical (unpaired) electrons. The first-order chi connectivity index (χ1) is 12.2. The number of carbonyl (C=O) groups excluding carboxylic acids is 1. The minimum atomic E-state index is -0.451. The molecule has 1 saturated heterocycles. The first-order valence-electron chi connectivity index (χ1n) is 8.06. The van der Waals surface area contributed by atoms with Crippen molar-refractivity contribution in [1.82, 2.24) is 19.9 Å².